The van der Waals surface area contributed by atoms with E-state index in [2.05, 4.69) is 37.3 Å². The molecule has 0 aliphatic carbocycles. The molecule has 0 N–H and O–H groups in total. The molecule has 1 aromatic rings. The van der Waals surface area contributed by atoms with Crippen molar-refractivity contribution in [3.05, 3.63) is 35.4 Å². The SMILES string of the molecule is Cc1ccc(C2(CCC#N)COC2)cc1. The van der Waals surface area contributed by atoms with Crippen LogP contribution < -0.4 is 0 Å². The van der Waals surface area contributed by atoms with Crippen molar-refractivity contribution in [1.82, 2.24) is 0 Å². The Morgan fingerprint density at radius 1 is 1.33 bits per heavy atom. The minimum absolute atomic E-state index is 0.115. The van der Waals surface area contributed by atoms with Gasteiger partial charge < -0.3 is 4.74 Å². The highest BCUT2D eigenvalue weighted by molar-refractivity contribution is 5.30. The van der Waals surface area contributed by atoms with Gasteiger partial charge in [0.1, 0.15) is 0 Å². The van der Waals surface area contributed by atoms with Crippen LogP contribution >= 0.6 is 0 Å². The first-order valence-corrected chi connectivity index (χ1v) is 5.29. The standard InChI is InChI=1S/C13H15NO/c1-11-3-5-12(6-4-11)13(7-2-8-14)9-15-10-13/h3-6H,2,7,9-10H2,1H3. The monoisotopic (exact) mass is 201 g/mol. The molecule has 0 radical (unpaired) electrons. The van der Waals surface area contributed by atoms with Gasteiger partial charge in [0.05, 0.1) is 19.3 Å². The third kappa shape index (κ3) is 1.88. The molecule has 1 aromatic carbocycles. The molecule has 0 aromatic heterocycles. The predicted octanol–water partition coefficient (Wildman–Crippen LogP) is 2.57. The average Bonchev–Trinajstić information content (AvgIpc) is 2.19. The van der Waals surface area contributed by atoms with E-state index in [0.29, 0.717) is 6.42 Å². The highest BCUT2D eigenvalue weighted by atomic mass is 16.5. The van der Waals surface area contributed by atoms with Gasteiger partial charge in [0.25, 0.3) is 0 Å². The van der Waals surface area contributed by atoms with Gasteiger partial charge in [-0.25, -0.2) is 0 Å². The first kappa shape index (κ1) is 10.2. The van der Waals surface area contributed by atoms with Gasteiger partial charge in [-0.05, 0) is 18.9 Å². The minimum atomic E-state index is 0.115. The van der Waals surface area contributed by atoms with Crippen molar-refractivity contribution in [1.29, 1.82) is 5.26 Å². The summed E-state index contributed by atoms with van der Waals surface area (Å²) in [5.74, 6) is 0. The lowest BCUT2D eigenvalue weighted by Crippen LogP contribution is -2.46. The van der Waals surface area contributed by atoms with Crippen molar-refractivity contribution >= 4 is 0 Å². The van der Waals surface area contributed by atoms with Crippen molar-refractivity contribution < 1.29 is 4.74 Å². The molecule has 0 atom stereocenters. The Labute approximate surface area is 90.5 Å². The molecule has 0 saturated carbocycles. The molecule has 2 heteroatoms. The highest BCUT2D eigenvalue weighted by Gasteiger charge is 2.39. The van der Waals surface area contributed by atoms with Crippen LogP contribution in [0.3, 0.4) is 0 Å². The summed E-state index contributed by atoms with van der Waals surface area (Å²) in [5, 5.41) is 8.65. The molecule has 0 bridgehead atoms. The third-order valence-electron chi connectivity index (χ3n) is 3.14. The van der Waals surface area contributed by atoms with E-state index in [1.165, 1.54) is 11.1 Å². The van der Waals surface area contributed by atoms with Gasteiger partial charge in [-0.15, -0.1) is 0 Å². The van der Waals surface area contributed by atoms with E-state index in [9.17, 15) is 0 Å². The van der Waals surface area contributed by atoms with E-state index < -0.39 is 0 Å². The molecule has 0 unspecified atom stereocenters. The second-order valence-electron chi connectivity index (χ2n) is 4.30. The van der Waals surface area contributed by atoms with Crippen LogP contribution in [0.2, 0.25) is 0 Å². The number of benzene rings is 1. The Morgan fingerprint density at radius 3 is 2.47 bits per heavy atom. The van der Waals surface area contributed by atoms with Gasteiger partial charge in [0.15, 0.2) is 0 Å². The zero-order valence-electron chi connectivity index (χ0n) is 8.99. The summed E-state index contributed by atoms with van der Waals surface area (Å²) >= 11 is 0. The van der Waals surface area contributed by atoms with Crippen LogP contribution in [0.4, 0.5) is 0 Å². The Bertz CT molecular complexity index is 371. The lowest BCUT2D eigenvalue weighted by molar-refractivity contribution is -0.0637. The summed E-state index contributed by atoms with van der Waals surface area (Å²) in [4.78, 5) is 0. The fourth-order valence-electron chi connectivity index (χ4n) is 2.01. The number of hydrogen-bond donors (Lipinski definition) is 0. The maximum atomic E-state index is 8.65. The van der Waals surface area contributed by atoms with Crippen LogP contribution in [0.15, 0.2) is 24.3 Å². The molecule has 1 heterocycles. The second kappa shape index (κ2) is 4.04. The number of nitriles is 1. The molecule has 1 aliphatic rings. The van der Waals surface area contributed by atoms with Gasteiger partial charge in [-0.1, -0.05) is 29.8 Å². The number of rotatable bonds is 3. The van der Waals surface area contributed by atoms with Crippen molar-refractivity contribution in [3.8, 4) is 6.07 Å². The molecule has 15 heavy (non-hydrogen) atoms. The first-order chi connectivity index (χ1) is 7.27. The van der Waals surface area contributed by atoms with E-state index in [4.69, 9.17) is 10.00 Å². The van der Waals surface area contributed by atoms with Crippen molar-refractivity contribution in [2.24, 2.45) is 0 Å². The summed E-state index contributed by atoms with van der Waals surface area (Å²) in [7, 11) is 0. The third-order valence-corrected chi connectivity index (χ3v) is 3.14. The fraction of sp³-hybridized carbons (Fsp3) is 0.462. The molecular weight excluding hydrogens is 186 g/mol. The normalized spacial score (nSPS) is 17.9. The van der Waals surface area contributed by atoms with Crippen LogP contribution in [-0.4, -0.2) is 13.2 Å². The van der Waals surface area contributed by atoms with Crippen LogP contribution in [-0.2, 0) is 10.2 Å². The van der Waals surface area contributed by atoms with Crippen LogP contribution in [0.5, 0.6) is 0 Å². The Kier molecular flexibility index (Phi) is 2.75. The molecule has 1 aliphatic heterocycles. The van der Waals surface area contributed by atoms with Gasteiger partial charge in [0, 0.05) is 11.8 Å². The molecule has 2 nitrogen and oxygen atoms in total. The van der Waals surface area contributed by atoms with Crippen molar-refractivity contribution in [2.75, 3.05) is 13.2 Å². The summed E-state index contributed by atoms with van der Waals surface area (Å²) in [6.07, 6.45) is 1.52. The number of nitrogens with zero attached hydrogens (tertiary/aromatic N) is 1. The van der Waals surface area contributed by atoms with Crippen LogP contribution in [0.25, 0.3) is 0 Å². The first-order valence-electron chi connectivity index (χ1n) is 5.29. The summed E-state index contributed by atoms with van der Waals surface area (Å²) in [6.45, 7) is 3.61. The topological polar surface area (TPSA) is 33.0 Å². The molecule has 78 valence electrons. The number of aryl methyl sites for hydroxylation is 1. The Morgan fingerprint density at radius 2 is 2.00 bits per heavy atom. The zero-order chi connectivity index (χ0) is 10.7. The maximum absolute atomic E-state index is 8.65. The lowest BCUT2D eigenvalue weighted by atomic mass is 9.75. The molecule has 1 fully saturated rings. The summed E-state index contributed by atoms with van der Waals surface area (Å²) in [6, 6.07) is 10.8. The molecule has 0 spiro atoms. The predicted molar refractivity (Wildman–Crippen MR) is 58.5 cm³/mol. The molecular formula is C13H15NO. The smallest absolute Gasteiger partial charge is 0.0622 e. The number of ether oxygens (including phenoxy) is 1. The largest absolute Gasteiger partial charge is 0.379 e. The van der Waals surface area contributed by atoms with E-state index in [0.717, 1.165) is 19.6 Å². The lowest BCUT2D eigenvalue weighted by Gasteiger charge is -2.41. The van der Waals surface area contributed by atoms with Crippen molar-refractivity contribution in [3.63, 3.8) is 0 Å². The summed E-state index contributed by atoms with van der Waals surface area (Å²) in [5.41, 5.74) is 2.70. The molecule has 1 saturated heterocycles. The maximum Gasteiger partial charge on any atom is 0.0622 e. The van der Waals surface area contributed by atoms with Gasteiger partial charge >= 0.3 is 0 Å². The average molecular weight is 201 g/mol. The Balaban J connectivity index is 2.19. The van der Waals surface area contributed by atoms with Crippen LogP contribution in [0.1, 0.15) is 24.0 Å². The molecule has 0 amide bonds. The van der Waals surface area contributed by atoms with Crippen LogP contribution in [0, 0.1) is 18.3 Å². The van der Waals surface area contributed by atoms with E-state index in [1.54, 1.807) is 0 Å². The summed E-state index contributed by atoms with van der Waals surface area (Å²) < 4.78 is 5.31. The number of hydrogen-bond acceptors (Lipinski definition) is 2. The van der Waals surface area contributed by atoms with Gasteiger partial charge in [-0.3, -0.25) is 0 Å². The van der Waals surface area contributed by atoms with Crippen molar-refractivity contribution in [2.45, 2.75) is 25.2 Å². The minimum Gasteiger partial charge on any atom is -0.379 e. The van der Waals surface area contributed by atoms with E-state index in [-0.39, 0.29) is 5.41 Å². The second-order valence-corrected chi connectivity index (χ2v) is 4.30. The van der Waals surface area contributed by atoms with Gasteiger partial charge in [-0.2, -0.15) is 5.26 Å². The van der Waals surface area contributed by atoms with E-state index in [1.807, 2.05) is 0 Å². The molecule has 2 rings (SSSR count). The van der Waals surface area contributed by atoms with Gasteiger partial charge in [0.2, 0.25) is 0 Å². The highest BCUT2D eigenvalue weighted by Crippen LogP contribution is 2.36. The van der Waals surface area contributed by atoms with E-state index >= 15 is 0 Å². The quantitative estimate of drug-likeness (QED) is 0.753. The fourth-order valence-corrected chi connectivity index (χ4v) is 2.01. The Hall–Kier alpha value is -1.33. The zero-order valence-corrected chi connectivity index (χ0v) is 8.99.